The van der Waals surface area contributed by atoms with Crippen molar-refractivity contribution in [3.8, 4) is 0 Å². The number of nitrogens with zero attached hydrogens (tertiary/aromatic N) is 4. The van der Waals surface area contributed by atoms with Gasteiger partial charge in [-0.2, -0.15) is 5.10 Å². The monoisotopic (exact) mass is 280 g/mol. The summed E-state index contributed by atoms with van der Waals surface area (Å²) < 4.78 is 1.87. The van der Waals surface area contributed by atoms with Crippen LogP contribution in [0.5, 0.6) is 0 Å². The van der Waals surface area contributed by atoms with Crippen LogP contribution < -0.4 is 0 Å². The number of hydrogen-bond acceptors (Lipinski definition) is 4. The standard InChI is InChI=1S/C15H28N4O/c1-5-19-14(16-11-17-19)9-13(20)15(18(3)4)8-6-7-12(2)10-15/h11-13,20H,5-10H2,1-4H3. The van der Waals surface area contributed by atoms with E-state index < -0.39 is 6.10 Å². The van der Waals surface area contributed by atoms with Crippen LogP contribution in [0.15, 0.2) is 6.33 Å². The van der Waals surface area contributed by atoms with Gasteiger partial charge in [0.15, 0.2) is 0 Å². The molecule has 1 fully saturated rings. The van der Waals surface area contributed by atoms with Crippen molar-refractivity contribution >= 4 is 0 Å². The Bertz CT molecular complexity index is 431. The highest BCUT2D eigenvalue weighted by Crippen LogP contribution is 2.38. The second kappa shape index (κ2) is 6.22. The maximum Gasteiger partial charge on any atom is 0.138 e. The molecule has 1 aromatic heterocycles. The van der Waals surface area contributed by atoms with E-state index in [1.807, 2.05) is 4.68 Å². The first-order chi connectivity index (χ1) is 9.49. The van der Waals surface area contributed by atoms with E-state index >= 15 is 0 Å². The molecular formula is C15H28N4O. The minimum absolute atomic E-state index is 0.123. The third kappa shape index (κ3) is 2.88. The highest BCUT2D eigenvalue weighted by molar-refractivity contribution is 5.02. The molecule has 0 aromatic carbocycles. The van der Waals surface area contributed by atoms with Gasteiger partial charge in [0.2, 0.25) is 0 Å². The molecule has 5 nitrogen and oxygen atoms in total. The molecule has 0 amide bonds. The number of aliphatic hydroxyl groups is 1. The van der Waals surface area contributed by atoms with Crippen molar-refractivity contribution < 1.29 is 5.11 Å². The van der Waals surface area contributed by atoms with Crippen LogP contribution in [-0.2, 0) is 13.0 Å². The molecule has 20 heavy (non-hydrogen) atoms. The predicted octanol–water partition coefficient (Wildman–Crippen LogP) is 1.71. The number of aliphatic hydroxyl groups excluding tert-OH is 1. The zero-order valence-electron chi connectivity index (χ0n) is 13.2. The molecule has 114 valence electrons. The number of hydrogen-bond donors (Lipinski definition) is 1. The SMILES string of the molecule is CCn1ncnc1CC(O)C1(N(C)C)CCCC(C)C1. The minimum atomic E-state index is -0.394. The molecule has 2 rings (SSSR count). The molecule has 0 aliphatic heterocycles. The van der Waals surface area contributed by atoms with Crippen molar-refractivity contribution in [3.05, 3.63) is 12.2 Å². The summed E-state index contributed by atoms with van der Waals surface area (Å²) >= 11 is 0. The molecule has 5 heteroatoms. The van der Waals surface area contributed by atoms with Crippen LogP contribution in [0.1, 0.15) is 45.4 Å². The van der Waals surface area contributed by atoms with Gasteiger partial charge in [-0.05, 0) is 39.8 Å². The summed E-state index contributed by atoms with van der Waals surface area (Å²) in [6.07, 6.45) is 6.35. The average molecular weight is 280 g/mol. The number of rotatable bonds is 5. The van der Waals surface area contributed by atoms with Crippen LogP contribution in [0.3, 0.4) is 0 Å². The van der Waals surface area contributed by atoms with Crippen molar-refractivity contribution in [3.63, 3.8) is 0 Å². The number of aryl methyl sites for hydroxylation is 1. The second-order valence-electron chi connectivity index (χ2n) is 6.41. The molecule has 3 atom stereocenters. The fraction of sp³-hybridized carbons (Fsp3) is 0.867. The molecule has 1 N–H and O–H groups in total. The van der Waals surface area contributed by atoms with E-state index in [2.05, 4.69) is 42.9 Å². The van der Waals surface area contributed by atoms with Gasteiger partial charge >= 0.3 is 0 Å². The number of aromatic nitrogens is 3. The van der Waals surface area contributed by atoms with Crippen LogP contribution in [0.4, 0.5) is 0 Å². The third-order valence-electron chi connectivity index (χ3n) is 4.89. The summed E-state index contributed by atoms with van der Waals surface area (Å²) in [4.78, 5) is 6.53. The molecule has 1 aliphatic carbocycles. The summed E-state index contributed by atoms with van der Waals surface area (Å²) in [6.45, 7) is 5.14. The van der Waals surface area contributed by atoms with Crippen LogP contribution in [0.2, 0.25) is 0 Å². The summed E-state index contributed by atoms with van der Waals surface area (Å²) in [5.74, 6) is 1.56. The van der Waals surface area contributed by atoms with E-state index in [4.69, 9.17) is 0 Å². The van der Waals surface area contributed by atoms with Gasteiger partial charge in [-0.15, -0.1) is 0 Å². The molecule has 1 aliphatic rings. The Morgan fingerprint density at radius 3 is 2.90 bits per heavy atom. The van der Waals surface area contributed by atoms with E-state index in [1.54, 1.807) is 6.33 Å². The van der Waals surface area contributed by atoms with Gasteiger partial charge in [0.1, 0.15) is 12.2 Å². The van der Waals surface area contributed by atoms with E-state index in [-0.39, 0.29) is 5.54 Å². The lowest BCUT2D eigenvalue weighted by molar-refractivity contribution is -0.0436. The summed E-state index contributed by atoms with van der Waals surface area (Å²) in [6, 6.07) is 0. The Labute approximate surface area is 122 Å². The zero-order valence-corrected chi connectivity index (χ0v) is 13.2. The van der Waals surface area contributed by atoms with E-state index in [0.29, 0.717) is 12.3 Å². The normalized spacial score (nSPS) is 28.8. The zero-order chi connectivity index (χ0) is 14.8. The summed E-state index contributed by atoms with van der Waals surface area (Å²) in [5, 5.41) is 15.1. The number of likely N-dealkylation sites (N-methyl/N-ethyl adjacent to an activating group) is 1. The first kappa shape index (κ1) is 15.4. The van der Waals surface area contributed by atoms with Gasteiger partial charge < -0.3 is 10.0 Å². The van der Waals surface area contributed by atoms with Gasteiger partial charge in [-0.25, -0.2) is 4.98 Å². The first-order valence-electron chi connectivity index (χ1n) is 7.71. The van der Waals surface area contributed by atoms with Crippen molar-refractivity contribution in [1.29, 1.82) is 0 Å². The van der Waals surface area contributed by atoms with E-state index in [9.17, 15) is 5.11 Å². The van der Waals surface area contributed by atoms with Gasteiger partial charge in [0.05, 0.1) is 6.10 Å². The van der Waals surface area contributed by atoms with Crippen molar-refractivity contribution in [2.24, 2.45) is 5.92 Å². The van der Waals surface area contributed by atoms with Crippen molar-refractivity contribution in [1.82, 2.24) is 19.7 Å². The molecule has 1 aromatic rings. The Morgan fingerprint density at radius 1 is 1.55 bits per heavy atom. The average Bonchev–Trinajstić information content (AvgIpc) is 2.85. The van der Waals surface area contributed by atoms with Crippen molar-refractivity contribution in [2.75, 3.05) is 14.1 Å². The molecule has 0 radical (unpaired) electrons. The van der Waals surface area contributed by atoms with Gasteiger partial charge in [0.25, 0.3) is 0 Å². The van der Waals surface area contributed by atoms with Gasteiger partial charge in [-0.3, -0.25) is 4.68 Å². The summed E-state index contributed by atoms with van der Waals surface area (Å²) in [7, 11) is 4.18. The molecule has 1 heterocycles. The molecule has 1 saturated carbocycles. The fourth-order valence-corrected chi connectivity index (χ4v) is 3.64. The van der Waals surface area contributed by atoms with Crippen LogP contribution in [-0.4, -0.2) is 50.5 Å². The topological polar surface area (TPSA) is 54.2 Å². The second-order valence-corrected chi connectivity index (χ2v) is 6.41. The first-order valence-corrected chi connectivity index (χ1v) is 7.71. The highest BCUT2D eigenvalue weighted by atomic mass is 16.3. The highest BCUT2D eigenvalue weighted by Gasteiger charge is 2.43. The lowest BCUT2D eigenvalue weighted by atomic mass is 9.71. The third-order valence-corrected chi connectivity index (χ3v) is 4.89. The predicted molar refractivity (Wildman–Crippen MR) is 79.5 cm³/mol. The Kier molecular flexibility index (Phi) is 4.81. The minimum Gasteiger partial charge on any atom is -0.391 e. The maximum absolute atomic E-state index is 10.9. The molecular weight excluding hydrogens is 252 g/mol. The largest absolute Gasteiger partial charge is 0.391 e. The Morgan fingerprint density at radius 2 is 2.30 bits per heavy atom. The molecule has 0 saturated heterocycles. The lowest BCUT2D eigenvalue weighted by Crippen LogP contribution is -2.57. The molecule has 0 bridgehead atoms. The maximum atomic E-state index is 10.9. The smallest absolute Gasteiger partial charge is 0.138 e. The van der Waals surface area contributed by atoms with Crippen molar-refractivity contribution in [2.45, 2.75) is 64.1 Å². The van der Waals surface area contributed by atoms with E-state index in [0.717, 1.165) is 25.2 Å². The molecule has 3 unspecified atom stereocenters. The molecule has 0 spiro atoms. The van der Waals surface area contributed by atoms with Crippen LogP contribution in [0.25, 0.3) is 0 Å². The quantitative estimate of drug-likeness (QED) is 0.892. The van der Waals surface area contributed by atoms with Gasteiger partial charge in [-0.1, -0.05) is 19.8 Å². The Hall–Kier alpha value is -0.940. The van der Waals surface area contributed by atoms with E-state index in [1.165, 1.54) is 12.8 Å². The van der Waals surface area contributed by atoms with Gasteiger partial charge in [0, 0.05) is 18.5 Å². The van der Waals surface area contributed by atoms with Crippen LogP contribution in [0, 0.1) is 5.92 Å². The lowest BCUT2D eigenvalue weighted by Gasteiger charge is -2.48. The fourth-order valence-electron chi connectivity index (χ4n) is 3.64. The van der Waals surface area contributed by atoms with Crippen LogP contribution >= 0.6 is 0 Å². The Balaban J connectivity index is 2.17. The summed E-state index contributed by atoms with van der Waals surface area (Å²) in [5.41, 5.74) is -0.123.